The van der Waals surface area contributed by atoms with Crippen molar-refractivity contribution < 1.29 is 19.0 Å². The summed E-state index contributed by atoms with van der Waals surface area (Å²) in [6.45, 7) is 4.32. The second-order valence-corrected chi connectivity index (χ2v) is 8.55. The first kappa shape index (κ1) is 24.1. The summed E-state index contributed by atoms with van der Waals surface area (Å²) in [6, 6.07) is 6.24. The second-order valence-electron chi connectivity index (χ2n) is 8.55. The Morgan fingerprint density at radius 2 is 1.97 bits per heavy atom. The number of nitrogens with zero attached hydrogens (tertiary/aromatic N) is 3. The van der Waals surface area contributed by atoms with Crippen molar-refractivity contribution >= 4 is 11.9 Å². The molecular weight excluding hydrogens is 410 g/mol. The van der Waals surface area contributed by atoms with Crippen LogP contribution < -0.4 is 20.1 Å². The topological polar surface area (TPSA) is 87.7 Å². The molecule has 0 radical (unpaired) electrons. The number of carbonyl (C=O) groups is 1. The predicted octanol–water partition coefficient (Wildman–Crippen LogP) is 1.08. The van der Waals surface area contributed by atoms with Crippen LogP contribution in [0.3, 0.4) is 0 Å². The van der Waals surface area contributed by atoms with Crippen LogP contribution in [-0.4, -0.2) is 94.9 Å². The zero-order valence-electron chi connectivity index (χ0n) is 19.7. The van der Waals surface area contributed by atoms with E-state index in [-0.39, 0.29) is 24.6 Å². The van der Waals surface area contributed by atoms with E-state index in [9.17, 15) is 4.79 Å². The lowest BCUT2D eigenvalue weighted by molar-refractivity contribution is -0.127. The normalized spacial score (nSPS) is 21.4. The number of likely N-dealkylation sites (N-methyl/N-ethyl adjacent to an activating group) is 1. The molecule has 1 aromatic rings. The smallest absolute Gasteiger partial charge is 0.243 e. The van der Waals surface area contributed by atoms with Gasteiger partial charge < -0.3 is 29.7 Å². The van der Waals surface area contributed by atoms with Gasteiger partial charge in [0.1, 0.15) is 18.0 Å². The van der Waals surface area contributed by atoms with Gasteiger partial charge in [-0.25, -0.2) is 4.99 Å². The van der Waals surface area contributed by atoms with Crippen molar-refractivity contribution in [1.29, 1.82) is 0 Å². The summed E-state index contributed by atoms with van der Waals surface area (Å²) < 4.78 is 16.5. The van der Waals surface area contributed by atoms with Gasteiger partial charge in [0.05, 0.1) is 20.3 Å². The quantitative estimate of drug-likeness (QED) is 0.433. The monoisotopic (exact) mass is 447 g/mol. The maximum absolute atomic E-state index is 12.0. The molecule has 2 saturated heterocycles. The molecule has 0 aromatic heterocycles. The minimum atomic E-state index is -0.0248. The second kappa shape index (κ2) is 11.9. The number of guanidine groups is 1. The molecule has 1 amide bonds. The number of hydrogen-bond donors (Lipinski definition) is 2. The molecule has 32 heavy (non-hydrogen) atoms. The van der Waals surface area contributed by atoms with Gasteiger partial charge in [-0.2, -0.15) is 0 Å². The molecule has 2 aliphatic rings. The van der Waals surface area contributed by atoms with Crippen molar-refractivity contribution in [3.05, 3.63) is 23.8 Å². The first-order valence-electron chi connectivity index (χ1n) is 11.3. The van der Waals surface area contributed by atoms with Gasteiger partial charge in [-0.15, -0.1) is 0 Å². The Morgan fingerprint density at radius 1 is 1.22 bits per heavy atom. The third kappa shape index (κ3) is 7.27. The van der Waals surface area contributed by atoms with Crippen molar-refractivity contribution in [1.82, 2.24) is 20.4 Å². The summed E-state index contributed by atoms with van der Waals surface area (Å²) in [6.07, 6.45) is 3.36. The molecule has 9 nitrogen and oxygen atoms in total. The van der Waals surface area contributed by atoms with Crippen molar-refractivity contribution in [2.75, 3.05) is 61.1 Å². The van der Waals surface area contributed by atoms with Crippen LogP contribution in [0.15, 0.2) is 23.2 Å². The minimum absolute atomic E-state index is 0.0248. The van der Waals surface area contributed by atoms with Crippen molar-refractivity contribution in [2.24, 2.45) is 4.99 Å². The molecular formula is C23H37N5O4. The number of likely N-dealkylation sites (tertiary alicyclic amines) is 1. The highest BCUT2D eigenvalue weighted by Crippen LogP contribution is 2.24. The van der Waals surface area contributed by atoms with Crippen LogP contribution >= 0.6 is 0 Å². The van der Waals surface area contributed by atoms with Crippen molar-refractivity contribution in [2.45, 2.75) is 38.0 Å². The molecule has 0 aliphatic carbocycles. The Hall–Kier alpha value is -2.52. The molecule has 0 saturated carbocycles. The first-order valence-corrected chi connectivity index (χ1v) is 11.3. The molecule has 2 heterocycles. The van der Waals surface area contributed by atoms with Crippen LogP contribution in [0.4, 0.5) is 0 Å². The zero-order chi connectivity index (χ0) is 22.9. The van der Waals surface area contributed by atoms with Gasteiger partial charge in [0.2, 0.25) is 5.91 Å². The van der Waals surface area contributed by atoms with Gasteiger partial charge in [-0.1, -0.05) is 0 Å². The Labute approximate surface area is 191 Å². The average molecular weight is 448 g/mol. The Bertz CT molecular complexity index is 757. The molecule has 2 aliphatic heterocycles. The highest BCUT2D eigenvalue weighted by atomic mass is 16.5. The third-order valence-corrected chi connectivity index (χ3v) is 5.82. The highest BCUT2D eigenvalue weighted by Gasteiger charge is 2.24. The number of aliphatic imine (C=N–C) groups is 1. The van der Waals surface area contributed by atoms with Crippen LogP contribution in [0.1, 0.15) is 24.8 Å². The molecule has 2 atom stereocenters. The zero-order valence-corrected chi connectivity index (χ0v) is 19.7. The van der Waals surface area contributed by atoms with Crippen molar-refractivity contribution in [3.63, 3.8) is 0 Å². The van der Waals surface area contributed by atoms with Crippen LogP contribution in [0.25, 0.3) is 0 Å². The summed E-state index contributed by atoms with van der Waals surface area (Å²) in [4.78, 5) is 20.5. The number of rotatable bonds is 9. The molecule has 0 bridgehead atoms. The van der Waals surface area contributed by atoms with Gasteiger partial charge >= 0.3 is 0 Å². The SMILES string of the molecule is COc1cc(CN2CCC(NC(=NCC(=O)N(C)C)NCC3CCCO3)C2)cc(OC)c1. The molecule has 1 aromatic carbocycles. The Kier molecular flexibility index (Phi) is 8.99. The maximum atomic E-state index is 12.0. The third-order valence-electron chi connectivity index (χ3n) is 5.82. The Balaban J connectivity index is 1.56. The van der Waals surface area contributed by atoms with Gasteiger partial charge in [0, 0.05) is 59.0 Å². The average Bonchev–Trinajstić information content (AvgIpc) is 3.47. The Morgan fingerprint density at radius 3 is 2.59 bits per heavy atom. The molecule has 9 heteroatoms. The highest BCUT2D eigenvalue weighted by molar-refractivity contribution is 5.85. The molecule has 2 unspecified atom stereocenters. The van der Waals surface area contributed by atoms with E-state index < -0.39 is 0 Å². The summed E-state index contributed by atoms with van der Waals surface area (Å²) in [5, 5.41) is 6.89. The number of amides is 1. The van der Waals surface area contributed by atoms with Gasteiger partial charge in [0.15, 0.2) is 5.96 Å². The lowest BCUT2D eigenvalue weighted by Crippen LogP contribution is -2.47. The van der Waals surface area contributed by atoms with Crippen LogP contribution in [0.5, 0.6) is 11.5 Å². The molecule has 2 fully saturated rings. The molecule has 2 N–H and O–H groups in total. The van der Waals surface area contributed by atoms with Gasteiger partial charge in [-0.05, 0) is 37.0 Å². The van der Waals surface area contributed by atoms with E-state index in [0.717, 1.165) is 62.6 Å². The predicted molar refractivity (Wildman–Crippen MR) is 124 cm³/mol. The standard InChI is InChI=1S/C23H37N5O4/c1-27(2)22(29)14-25-23(24-13-19-6-5-9-32-19)26-18-7-8-28(16-18)15-17-10-20(30-3)12-21(11-17)31-4/h10-12,18-19H,5-9,13-16H2,1-4H3,(H2,24,25,26). The minimum Gasteiger partial charge on any atom is -0.497 e. The lowest BCUT2D eigenvalue weighted by Gasteiger charge is -2.21. The summed E-state index contributed by atoms with van der Waals surface area (Å²) in [5.74, 6) is 2.24. The largest absolute Gasteiger partial charge is 0.497 e. The molecule has 178 valence electrons. The number of hydrogen-bond acceptors (Lipinski definition) is 6. The number of nitrogens with one attached hydrogen (secondary N) is 2. The first-order chi connectivity index (χ1) is 15.5. The van der Waals surface area contributed by atoms with Gasteiger partial charge in [0.25, 0.3) is 0 Å². The van der Waals surface area contributed by atoms with E-state index in [0.29, 0.717) is 12.5 Å². The fourth-order valence-corrected chi connectivity index (χ4v) is 3.96. The van der Waals surface area contributed by atoms with E-state index in [4.69, 9.17) is 14.2 Å². The van der Waals surface area contributed by atoms with Crippen LogP contribution in [0.2, 0.25) is 0 Å². The number of carbonyl (C=O) groups excluding carboxylic acids is 1. The number of benzene rings is 1. The summed E-state index contributed by atoms with van der Waals surface area (Å²) >= 11 is 0. The van der Waals surface area contributed by atoms with E-state index in [1.165, 1.54) is 0 Å². The lowest BCUT2D eigenvalue weighted by atomic mass is 10.2. The maximum Gasteiger partial charge on any atom is 0.243 e. The van der Waals surface area contributed by atoms with Crippen LogP contribution in [0, 0.1) is 0 Å². The number of ether oxygens (including phenoxy) is 3. The van der Waals surface area contributed by atoms with E-state index >= 15 is 0 Å². The van der Waals surface area contributed by atoms with E-state index in [1.807, 2.05) is 18.2 Å². The summed E-state index contributed by atoms with van der Waals surface area (Å²) in [5.41, 5.74) is 1.16. The molecule has 0 spiro atoms. The van der Waals surface area contributed by atoms with Gasteiger partial charge in [-0.3, -0.25) is 9.69 Å². The fraction of sp³-hybridized carbons (Fsp3) is 0.652. The van der Waals surface area contributed by atoms with E-state index in [2.05, 4.69) is 20.5 Å². The fourth-order valence-electron chi connectivity index (χ4n) is 3.96. The molecule has 3 rings (SSSR count). The summed E-state index contributed by atoms with van der Waals surface area (Å²) in [7, 11) is 6.82. The van der Waals surface area contributed by atoms with Crippen molar-refractivity contribution in [3.8, 4) is 11.5 Å². The van der Waals surface area contributed by atoms with Crippen LogP contribution in [-0.2, 0) is 16.1 Å². The van der Waals surface area contributed by atoms with E-state index in [1.54, 1.807) is 33.2 Å². The number of methoxy groups -OCH3 is 2.